The number of nitrogens with one attached hydrogen (secondary N) is 1. The van der Waals surface area contributed by atoms with Gasteiger partial charge in [0.05, 0.1) is 16.6 Å². The van der Waals surface area contributed by atoms with Gasteiger partial charge >= 0.3 is 0 Å². The smallest absolute Gasteiger partial charge is 0.255 e. The molecule has 0 aliphatic carbocycles. The summed E-state index contributed by atoms with van der Waals surface area (Å²) in [6.45, 7) is 4.26. The SMILES string of the molecule is Cc1c(Cc2ccc(-c3cocn3)cc2)cc2c(c1Cl)OC[C@H](C)NC2=O. The van der Waals surface area contributed by atoms with Crippen molar-refractivity contribution in [2.24, 2.45) is 0 Å². The number of ether oxygens (including phenoxy) is 1. The van der Waals surface area contributed by atoms with E-state index in [1.807, 2.05) is 44.2 Å². The molecule has 1 aliphatic rings. The van der Waals surface area contributed by atoms with Gasteiger partial charge in [0.1, 0.15) is 18.6 Å². The summed E-state index contributed by atoms with van der Waals surface area (Å²) in [5.74, 6) is 0.320. The van der Waals surface area contributed by atoms with Gasteiger partial charge in [-0.3, -0.25) is 4.79 Å². The van der Waals surface area contributed by atoms with Crippen molar-refractivity contribution >= 4 is 17.5 Å². The van der Waals surface area contributed by atoms with Crippen LogP contribution in [0.25, 0.3) is 11.3 Å². The first-order chi connectivity index (χ1) is 13.0. The van der Waals surface area contributed by atoms with Crippen molar-refractivity contribution in [3.8, 4) is 17.0 Å². The fraction of sp³-hybridized carbons (Fsp3) is 0.238. The zero-order chi connectivity index (χ0) is 19.0. The van der Waals surface area contributed by atoms with Crippen LogP contribution in [0.1, 0.15) is 34.0 Å². The molecular formula is C21H19ClN2O3. The van der Waals surface area contributed by atoms with Crippen molar-refractivity contribution in [3.05, 3.63) is 70.3 Å². The normalized spacial score (nSPS) is 16.3. The Balaban J connectivity index is 1.65. The second-order valence-corrected chi connectivity index (χ2v) is 7.16. The second kappa shape index (κ2) is 7.08. The Hall–Kier alpha value is -2.79. The molecule has 4 rings (SSSR count). The van der Waals surface area contributed by atoms with E-state index >= 15 is 0 Å². The van der Waals surface area contributed by atoms with E-state index in [0.717, 1.165) is 27.9 Å². The van der Waals surface area contributed by atoms with E-state index in [1.165, 1.54) is 6.39 Å². The maximum atomic E-state index is 12.5. The van der Waals surface area contributed by atoms with E-state index in [4.69, 9.17) is 20.8 Å². The number of rotatable bonds is 3. The van der Waals surface area contributed by atoms with Crippen LogP contribution in [0.5, 0.6) is 5.75 Å². The minimum Gasteiger partial charge on any atom is -0.489 e. The third kappa shape index (κ3) is 3.43. The van der Waals surface area contributed by atoms with Crippen molar-refractivity contribution in [2.45, 2.75) is 26.3 Å². The summed E-state index contributed by atoms with van der Waals surface area (Å²) >= 11 is 6.54. The molecule has 1 N–H and O–H groups in total. The van der Waals surface area contributed by atoms with Gasteiger partial charge in [-0.05, 0) is 43.0 Å². The average molecular weight is 383 g/mol. The molecule has 0 radical (unpaired) electrons. The minimum atomic E-state index is -0.153. The quantitative estimate of drug-likeness (QED) is 0.729. The number of carbonyl (C=O) groups is 1. The summed E-state index contributed by atoms with van der Waals surface area (Å²) in [6.07, 6.45) is 3.70. The number of aromatic nitrogens is 1. The standard InChI is InChI=1S/C21H19ClN2O3/c1-12-9-27-20-17(21(25)24-12)8-16(13(2)19(20)22)7-14-3-5-15(6-4-14)18-10-26-11-23-18/h3-6,8,10-12H,7,9H2,1-2H3,(H,24,25)/t12-/m0/s1. The summed E-state index contributed by atoms with van der Waals surface area (Å²) in [4.78, 5) is 16.6. The van der Waals surface area contributed by atoms with Crippen LogP contribution >= 0.6 is 11.6 Å². The lowest BCUT2D eigenvalue weighted by atomic mass is 9.96. The van der Waals surface area contributed by atoms with Crippen LogP contribution in [-0.4, -0.2) is 23.5 Å². The molecule has 3 aromatic rings. The molecular weight excluding hydrogens is 364 g/mol. The number of amides is 1. The lowest BCUT2D eigenvalue weighted by molar-refractivity contribution is 0.0942. The molecule has 0 fully saturated rings. The molecule has 138 valence electrons. The largest absolute Gasteiger partial charge is 0.489 e. The van der Waals surface area contributed by atoms with Crippen molar-refractivity contribution in [1.29, 1.82) is 0 Å². The maximum Gasteiger partial charge on any atom is 0.255 e. The Labute approximate surface area is 162 Å². The van der Waals surface area contributed by atoms with Crippen LogP contribution in [0.2, 0.25) is 5.02 Å². The number of nitrogens with zero attached hydrogens (tertiary/aromatic N) is 1. The number of hydrogen-bond acceptors (Lipinski definition) is 4. The number of halogens is 1. The first-order valence-corrected chi connectivity index (χ1v) is 9.14. The van der Waals surface area contributed by atoms with Crippen molar-refractivity contribution in [1.82, 2.24) is 10.3 Å². The Morgan fingerprint density at radius 3 is 2.78 bits per heavy atom. The number of fused-ring (bicyclic) bond motifs is 1. The molecule has 2 heterocycles. The molecule has 0 unspecified atom stereocenters. The summed E-state index contributed by atoms with van der Waals surface area (Å²) in [6, 6.07) is 9.92. The number of carbonyl (C=O) groups excluding carboxylic acids is 1. The van der Waals surface area contributed by atoms with E-state index < -0.39 is 0 Å². The molecule has 0 spiro atoms. The molecule has 5 nitrogen and oxygen atoms in total. The van der Waals surface area contributed by atoms with Gasteiger partial charge in [0.25, 0.3) is 5.91 Å². The lowest BCUT2D eigenvalue weighted by Crippen LogP contribution is -2.33. The summed E-state index contributed by atoms with van der Waals surface area (Å²) in [5, 5.41) is 3.43. The van der Waals surface area contributed by atoms with Crippen molar-refractivity contribution < 1.29 is 13.9 Å². The van der Waals surface area contributed by atoms with E-state index in [1.54, 1.807) is 6.26 Å². The van der Waals surface area contributed by atoms with Crippen LogP contribution in [0.4, 0.5) is 0 Å². The molecule has 0 saturated carbocycles. The topological polar surface area (TPSA) is 64.4 Å². The molecule has 2 aromatic carbocycles. The highest BCUT2D eigenvalue weighted by atomic mass is 35.5. The zero-order valence-electron chi connectivity index (χ0n) is 15.1. The van der Waals surface area contributed by atoms with Crippen LogP contribution in [-0.2, 0) is 6.42 Å². The fourth-order valence-corrected chi connectivity index (χ4v) is 3.47. The number of oxazole rings is 1. The van der Waals surface area contributed by atoms with Crippen LogP contribution in [0.15, 0.2) is 47.4 Å². The molecule has 1 atom stereocenters. The van der Waals surface area contributed by atoms with Crippen LogP contribution < -0.4 is 10.1 Å². The van der Waals surface area contributed by atoms with E-state index in [-0.39, 0.29) is 11.9 Å². The second-order valence-electron chi connectivity index (χ2n) is 6.78. The maximum absolute atomic E-state index is 12.5. The van der Waals surface area contributed by atoms with Crippen molar-refractivity contribution in [3.63, 3.8) is 0 Å². The Morgan fingerprint density at radius 1 is 1.30 bits per heavy atom. The molecule has 1 aromatic heterocycles. The van der Waals surface area contributed by atoms with Gasteiger partial charge in [-0.2, -0.15) is 0 Å². The first-order valence-electron chi connectivity index (χ1n) is 8.76. The van der Waals surface area contributed by atoms with Gasteiger partial charge in [-0.1, -0.05) is 35.9 Å². The van der Waals surface area contributed by atoms with Gasteiger partial charge in [-0.15, -0.1) is 0 Å². The highest BCUT2D eigenvalue weighted by Gasteiger charge is 2.25. The van der Waals surface area contributed by atoms with Gasteiger partial charge in [0.2, 0.25) is 0 Å². The number of hydrogen-bond donors (Lipinski definition) is 1. The zero-order valence-corrected chi connectivity index (χ0v) is 15.8. The molecule has 1 amide bonds. The molecule has 6 heteroatoms. The summed E-state index contributed by atoms with van der Waals surface area (Å²) in [5.41, 5.74) is 5.33. The average Bonchev–Trinajstić information content (AvgIpc) is 3.15. The third-order valence-electron chi connectivity index (χ3n) is 4.75. The molecule has 0 bridgehead atoms. The highest BCUT2D eigenvalue weighted by molar-refractivity contribution is 6.33. The Bertz CT molecular complexity index is 982. The fourth-order valence-electron chi connectivity index (χ4n) is 3.19. The van der Waals surface area contributed by atoms with Gasteiger partial charge < -0.3 is 14.5 Å². The van der Waals surface area contributed by atoms with Crippen LogP contribution in [0.3, 0.4) is 0 Å². The van der Waals surface area contributed by atoms with E-state index in [9.17, 15) is 4.79 Å². The molecule has 0 saturated heterocycles. The summed E-state index contributed by atoms with van der Waals surface area (Å²) < 4.78 is 10.8. The van der Waals surface area contributed by atoms with Crippen molar-refractivity contribution in [2.75, 3.05) is 6.61 Å². The Morgan fingerprint density at radius 2 is 2.07 bits per heavy atom. The predicted octanol–water partition coefficient (Wildman–Crippen LogP) is 4.40. The van der Waals surface area contributed by atoms with E-state index in [2.05, 4.69) is 10.3 Å². The molecule has 1 aliphatic heterocycles. The predicted molar refractivity (Wildman–Crippen MR) is 103 cm³/mol. The monoisotopic (exact) mass is 382 g/mol. The highest BCUT2D eigenvalue weighted by Crippen LogP contribution is 2.36. The molecule has 27 heavy (non-hydrogen) atoms. The lowest BCUT2D eigenvalue weighted by Gasteiger charge is -2.15. The summed E-state index contributed by atoms with van der Waals surface area (Å²) in [7, 11) is 0. The van der Waals surface area contributed by atoms with E-state index in [0.29, 0.717) is 29.4 Å². The number of benzene rings is 2. The van der Waals surface area contributed by atoms with Gasteiger partial charge in [0, 0.05) is 5.56 Å². The first kappa shape index (κ1) is 17.6. The Kier molecular flexibility index (Phi) is 4.62. The minimum absolute atomic E-state index is 0.0613. The van der Waals surface area contributed by atoms with Gasteiger partial charge in [-0.25, -0.2) is 4.98 Å². The van der Waals surface area contributed by atoms with Gasteiger partial charge in [0.15, 0.2) is 12.1 Å². The van der Waals surface area contributed by atoms with Crippen LogP contribution in [0, 0.1) is 6.92 Å². The third-order valence-corrected chi connectivity index (χ3v) is 5.20.